The van der Waals surface area contributed by atoms with Crippen LogP contribution in [-0.4, -0.2) is 19.0 Å². The molecule has 0 radical (unpaired) electrons. The van der Waals surface area contributed by atoms with Crippen molar-refractivity contribution in [1.82, 2.24) is 5.48 Å². The fourth-order valence-corrected chi connectivity index (χ4v) is 2.52. The molecular formula is C14H18ClFN2O. The van der Waals surface area contributed by atoms with Gasteiger partial charge in [0.15, 0.2) is 0 Å². The van der Waals surface area contributed by atoms with Gasteiger partial charge < -0.3 is 0 Å². The maximum atomic E-state index is 13.1. The third kappa shape index (κ3) is 2.90. The van der Waals surface area contributed by atoms with Gasteiger partial charge in [-0.1, -0.05) is 17.7 Å². The molecular weight excluding hydrogens is 267 g/mol. The van der Waals surface area contributed by atoms with Crippen molar-refractivity contribution in [3.8, 4) is 0 Å². The number of benzene rings is 1. The standard InChI is InChI=1S/C14H18ClFN2O/c1-9(2)19-18-13(17-3)14(6-7-14)11-5-4-10(16)8-12(11)15/h4-5,8-9H,6-7H2,1-3H3,(H,17,18). The van der Waals surface area contributed by atoms with E-state index in [9.17, 15) is 4.39 Å². The molecule has 1 fully saturated rings. The highest BCUT2D eigenvalue weighted by molar-refractivity contribution is 6.32. The minimum absolute atomic E-state index is 0.0521. The second-order valence-corrected chi connectivity index (χ2v) is 5.45. The molecule has 1 aliphatic rings. The Balaban J connectivity index is 2.26. The lowest BCUT2D eigenvalue weighted by Gasteiger charge is -2.21. The SMILES string of the molecule is CN=C(NOC(C)C)C1(c2ccc(F)cc2Cl)CC1. The van der Waals surface area contributed by atoms with Gasteiger partial charge in [-0.3, -0.25) is 15.3 Å². The second kappa shape index (κ2) is 5.47. The molecule has 1 aromatic rings. The third-order valence-corrected chi connectivity index (χ3v) is 3.58. The first-order valence-electron chi connectivity index (χ1n) is 6.34. The van der Waals surface area contributed by atoms with Crippen molar-refractivity contribution in [3.63, 3.8) is 0 Å². The summed E-state index contributed by atoms with van der Waals surface area (Å²) in [4.78, 5) is 9.67. The number of hydroxylamine groups is 1. The van der Waals surface area contributed by atoms with Crippen molar-refractivity contribution in [1.29, 1.82) is 0 Å². The first-order chi connectivity index (χ1) is 8.99. The van der Waals surface area contributed by atoms with Crippen LogP contribution < -0.4 is 5.48 Å². The van der Waals surface area contributed by atoms with Crippen molar-refractivity contribution in [3.05, 3.63) is 34.6 Å². The summed E-state index contributed by atoms with van der Waals surface area (Å²) in [5.41, 5.74) is 3.55. The summed E-state index contributed by atoms with van der Waals surface area (Å²) in [6.07, 6.45) is 1.91. The smallest absolute Gasteiger partial charge is 0.131 e. The van der Waals surface area contributed by atoms with Crippen molar-refractivity contribution in [2.75, 3.05) is 7.05 Å². The summed E-state index contributed by atoms with van der Waals surface area (Å²) in [5.74, 6) is 0.417. The molecule has 0 aliphatic heterocycles. The van der Waals surface area contributed by atoms with E-state index in [0.717, 1.165) is 24.2 Å². The minimum atomic E-state index is -0.328. The molecule has 0 unspecified atom stereocenters. The number of nitrogens with zero attached hydrogens (tertiary/aromatic N) is 1. The largest absolute Gasteiger partial charge is 0.273 e. The molecule has 1 N–H and O–H groups in total. The lowest BCUT2D eigenvalue weighted by atomic mass is 9.94. The van der Waals surface area contributed by atoms with Gasteiger partial charge in [-0.15, -0.1) is 0 Å². The van der Waals surface area contributed by atoms with E-state index in [4.69, 9.17) is 16.4 Å². The first-order valence-corrected chi connectivity index (χ1v) is 6.72. The van der Waals surface area contributed by atoms with Gasteiger partial charge in [0.2, 0.25) is 0 Å². The van der Waals surface area contributed by atoms with Crippen LogP contribution in [0.5, 0.6) is 0 Å². The van der Waals surface area contributed by atoms with E-state index in [-0.39, 0.29) is 17.3 Å². The molecule has 0 bridgehead atoms. The van der Waals surface area contributed by atoms with Crippen LogP contribution in [0.3, 0.4) is 0 Å². The Labute approximate surface area is 117 Å². The molecule has 104 valence electrons. The number of aliphatic imine (C=N–C) groups is 1. The van der Waals surface area contributed by atoms with E-state index in [1.807, 2.05) is 13.8 Å². The number of hydrogen-bond acceptors (Lipinski definition) is 2. The van der Waals surface area contributed by atoms with E-state index < -0.39 is 0 Å². The normalized spacial score (nSPS) is 17.7. The lowest BCUT2D eigenvalue weighted by Crippen LogP contribution is -2.36. The Morgan fingerprint density at radius 3 is 2.63 bits per heavy atom. The van der Waals surface area contributed by atoms with Gasteiger partial charge in [0.05, 0.1) is 11.5 Å². The fraction of sp³-hybridized carbons (Fsp3) is 0.500. The molecule has 5 heteroatoms. The van der Waals surface area contributed by atoms with Gasteiger partial charge in [0.25, 0.3) is 0 Å². The summed E-state index contributed by atoms with van der Waals surface area (Å²) in [5, 5.41) is 0.435. The van der Waals surface area contributed by atoms with Crippen molar-refractivity contribution in [2.45, 2.75) is 38.2 Å². The average Bonchev–Trinajstić information content (AvgIpc) is 3.10. The fourth-order valence-electron chi connectivity index (χ4n) is 2.17. The molecule has 2 rings (SSSR count). The third-order valence-electron chi connectivity index (χ3n) is 3.26. The molecule has 0 atom stereocenters. The van der Waals surface area contributed by atoms with Crippen LogP contribution >= 0.6 is 11.6 Å². The minimum Gasteiger partial charge on any atom is -0.273 e. The number of hydrogen-bond donors (Lipinski definition) is 1. The quantitative estimate of drug-likeness (QED) is 0.522. The molecule has 0 saturated heterocycles. The van der Waals surface area contributed by atoms with Gasteiger partial charge in [0.1, 0.15) is 11.7 Å². The maximum Gasteiger partial charge on any atom is 0.131 e. The highest BCUT2D eigenvalue weighted by Gasteiger charge is 2.50. The number of nitrogens with one attached hydrogen (secondary N) is 1. The molecule has 0 aromatic heterocycles. The molecule has 1 aromatic carbocycles. The highest BCUT2D eigenvalue weighted by Crippen LogP contribution is 2.51. The lowest BCUT2D eigenvalue weighted by molar-refractivity contribution is 0.0310. The van der Waals surface area contributed by atoms with Crippen LogP contribution in [0.15, 0.2) is 23.2 Å². The summed E-state index contributed by atoms with van der Waals surface area (Å²) >= 11 is 6.15. The summed E-state index contributed by atoms with van der Waals surface area (Å²) in [7, 11) is 1.71. The van der Waals surface area contributed by atoms with E-state index >= 15 is 0 Å². The Morgan fingerprint density at radius 1 is 1.47 bits per heavy atom. The zero-order valence-electron chi connectivity index (χ0n) is 11.3. The molecule has 0 amide bonds. The zero-order chi connectivity index (χ0) is 14.0. The Kier molecular flexibility index (Phi) is 4.11. The van der Waals surface area contributed by atoms with Gasteiger partial charge in [-0.2, -0.15) is 0 Å². The van der Waals surface area contributed by atoms with E-state index in [1.165, 1.54) is 12.1 Å². The van der Waals surface area contributed by atoms with E-state index in [2.05, 4.69) is 10.5 Å². The van der Waals surface area contributed by atoms with Crippen LogP contribution in [0.25, 0.3) is 0 Å². The van der Waals surface area contributed by atoms with Crippen molar-refractivity contribution >= 4 is 17.4 Å². The Morgan fingerprint density at radius 2 is 2.16 bits per heavy atom. The second-order valence-electron chi connectivity index (χ2n) is 5.05. The molecule has 3 nitrogen and oxygen atoms in total. The van der Waals surface area contributed by atoms with Gasteiger partial charge >= 0.3 is 0 Å². The van der Waals surface area contributed by atoms with Gasteiger partial charge in [-0.25, -0.2) is 4.39 Å². The molecule has 1 saturated carbocycles. The van der Waals surface area contributed by atoms with Crippen molar-refractivity contribution < 1.29 is 9.23 Å². The van der Waals surface area contributed by atoms with Crippen LogP contribution in [-0.2, 0) is 10.3 Å². The number of halogens is 2. The van der Waals surface area contributed by atoms with Crippen LogP contribution in [0.1, 0.15) is 32.3 Å². The molecule has 0 spiro atoms. The Bertz CT molecular complexity index is 498. The summed E-state index contributed by atoms with van der Waals surface area (Å²) in [6.45, 7) is 3.87. The highest BCUT2D eigenvalue weighted by atomic mass is 35.5. The van der Waals surface area contributed by atoms with Crippen LogP contribution in [0.4, 0.5) is 4.39 Å². The van der Waals surface area contributed by atoms with Gasteiger partial charge in [-0.05, 0) is 44.4 Å². The predicted molar refractivity (Wildman–Crippen MR) is 75.0 cm³/mol. The molecule has 19 heavy (non-hydrogen) atoms. The zero-order valence-corrected chi connectivity index (χ0v) is 12.1. The van der Waals surface area contributed by atoms with Crippen molar-refractivity contribution in [2.24, 2.45) is 4.99 Å². The topological polar surface area (TPSA) is 33.6 Å². The monoisotopic (exact) mass is 284 g/mol. The summed E-state index contributed by atoms with van der Waals surface area (Å²) in [6, 6.07) is 4.50. The van der Waals surface area contributed by atoms with Crippen LogP contribution in [0, 0.1) is 5.82 Å². The maximum absolute atomic E-state index is 13.1. The van der Waals surface area contributed by atoms with Gasteiger partial charge in [0, 0.05) is 12.1 Å². The average molecular weight is 285 g/mol. The number of rotatable bonds is 4. The van der Waals surface area contributed by atoms with E-state index in [1.54, 1.807) is 13.1 Å². The molecule has 0 heterocycles. The van der Waals surface area contributed by atoms with E-state index in [0.29, 0.717) is 5.02 Å². The predicted octanol–water partition coefficient (Wildman–Crippen LogP) is 3.47. The molecule has 1 aliphatic carbocycles. The Hall–Kier alpha value is -1.13. The summed E-state index contributed by atoms with van der Waals surface area (Å²) < 4.78 is 13.1. The number of amidine groups is 1. The van der Waals surface area contributed by atoms with Crippen LogP contribution in [0.2, 0.25) is 5.02 Å². The first kappa shape index (κ1) is 14.3.